The van der Waals surface area contributed by atoms with Gasteiger partial charge in [-0.2, -0.15) is 0 Å². The van der Waals surface area contributed by atoms with Crippen LogP contribution in [-0.2, 0) is 6.42 Å². The van der Waals surface area contributed by atoms with Crippen LogP contribution in [0.5, 0.6) is 5.75 Å². The number of nitrogens with one attached hydrogen (secondary N) is 1. The van der Waals surface area contributed by atoms with Crippen molar-refractivity contribution in [3.8, 4) is 5.75 Å². The molecule has 1 N–H and O–H groups in total. The highest BCUT2D eigenvalue weighted by atomic mass is 16.5. The lowest BCUT2D eigenvalue weighted by atomic mass is 10.1. The van der Waals surface area contributed by atoms with Crippen LogP contribution in [0.2, 0.25) is 0 Å². The van der Waals surface area contributed by atoms with Gasteiger partial charge in [0.1, 0.15) is 5.75 Å². The van der Waals surface area contributed by atoms with Gasteiger partial charge < -0.3 is 10.1 Å². The molecule has 0 saturated carbocycles. The molecule has 17 heavy (non-hydrogen) atoms. The highest BCUT2D eigenvalue weighted by Gasteiger charge is 2.03. The van der Waals surface area contributed by atoms with E-state index in [4.69, 9.17) is 4.74 Å². The normalized spacial score (nSPS) is 10.7. The molecule has 90 valence electrons. The molecule has 0 fully saturated rings. The lowest BCUT2D eigenvalue weighted by Gasteiger charge is -2.07. The van der Waals surface area contributed by atoms with Crippen molar-refractivity contribution in [1.82, 2.24) is 10.3 Å². The lowest BCUT2D eigenvalue weighted by Crippen LogP contribution is -2.08. The van der Waals surface area contributed by atoms with E-state index in [0.29, 0.717) is 0 Å². The highest BCUT2D eigenvalue weighted by Crippen LogP contribution is 2.22. The van der Waals surface area contributed by atoms with E-state index in [1.807, 2.05) is 25.4 Å². The van der Waals surface area contributed by atoms with Gasteiger partial charge in [0.15, 0.2) is 0 Å². The van der Waals surface area contributed by atoms with Crippen LogP contribution in [0.3, 0.4) is 0 Å². The van der Waals surface area contributed by atoms with Crippen molar-refractivity contribution in [1.29, 1.82) is 0 Å². The molecule has 1 aromatic carbocycles. The smallest absolute Gasteiger partial charge is 0.119 e. The summed E-state index contributed by atoms with van der Waals surface area (Å²) in [5, 5.41) is 5.58. The summed E-state index contributed by atoms with van der Waals surface area (Å²) in [5.74, 6) is 0.893. The summed E-state index contributed by atoms with van der Waals surface area (Å²) in [5.41, 5.74) is 1.17. The zero-order chi connectivity index (χ0) is 12.1. The maximum Gasteiger partial charge on any atom is 0.119 e. The SMILES string of the molecule is CNCCCc1nccc2cc(OC)ccc12. The molecule has 1 aromatic heterocycles. The zero-order valence-corrected chi connectivity index (χ0v) is 10.4. The average Bonchev–Trinajstić information content (AvgIpc) is 2.38. The average molecular weight is 230 g/mol. The van der Waals surface area contributed by atoms with Crippen molar-refractivity contribution in [2.45, 2.75) is 12.8 Å². The number of hydrogen-bond acceptors (Lipinski definition) is 3. The van der Waals surface area contributed by atoms with Gasteiger partial charge in [0.25, 0.3) is 0 Å². The molecular formula is C14H18N2O. The van der Waals surface area contributed by atoms with E-state index in [2.05, 4.69) is 22.4 Å². The van der Waals surface area contributed by atoms with E-state index in [1.54, 1.807) is 7.11 Å². The minimum atomic E-state index is 0.893. The third-order valence-corrected chi connectivity index (χ3v) is 2.89. The van der Waals surface area contributed by atoms with E-state index >= 15 is 0 Å². The number of benzene rings is 1. The van der Waals surface area contributed by atoms with Gasteiger partial charge in [0, 0.05) is 17.3 Å². The van der Waals surface area contributed by atoms with Crippen LogP contribution in [-0.4, -0.2) is 25.7 Å². The molecule has 3 nitrogen and oxygen atoms in total. The van der Waals surface area contributed by atoms with E-state index in [0.717, 1.165) is 25.1 Å². The van der Waals surface area contributed by atoms with Crippen molar-refractivity contribution in [2.24, 2.45) is 0 Å². The Bertz CT molecular complexity index is 497. The molecule has 0 amide bonds. The number of nitrogens with zero attached hydrogens (tertiary/aromatic N) is 1. The Morgan fingerprint density at radius 2 is 2.18 bits per heavy atom. The standard InChI is InChI=1S/C14H18N2O/c1-15-8-3-4-14-13-6-5-12(17-2)10-11(13)7-9-16-14/h5-7,9-10,15H,3-4,8H2,1-2H3. The lowest BCUT2D eigenvalue weighted by molar-refractivity contribution is 0.415. The second kappa shape index (κ2) is 5.64. The van der Waals surface area contributed by atoms with Crippen LogP contribution in [0.1, 0.15) is 12.1 Å². The van der Waals surface area contributed by atoms with Gasteiger partial charge in [-0.25, -0.2) is 0 Å². The predicted molar refractivity (Wildman–Crippen MR) is 70.5 cm³/mol. The molecule has 0 aliphatic heterocycles. The Hall–Kier alpha value is -1.61. The van der Waals surface area contributed by atoms with Crippen LogP contribution in [0.4, 0.5) is 0 Å². The van der Waals surface area contributed by atoms with Gasteiger partial charge in [-0.05, 0) is 56.1 Å². The van der Waals surface area contributed by atoms with Crippen LogP contribution in [0.15, 0.2) is 30.5 Å². The number of aryl methyl sites for hydroxylation is 1. The summed E-state index contributed by atoms with van der Waals surface area (Å²) in [7, 11) is 3.66. The largest absolute Gasteiger partial charge is 0.497 e. The van der Waals surface area contributed by atoms with Gasteiger partial charge in [0.05, 0.1) is 7.11 Å². The third-order valence-electron chi connectivity index (χ3n) is 2.89. The van der Waals surface area contributed by atoms with Crippen molar-refractivity contribution in [3.63, 3.8) is 0 Å². The molecule has 3 heteroatoms. The molecule has 0 radical (unpaired) electrons. The summed E-state index contributed by atoms with van der Waals surface area (Å²) >= 11 is 0. The van der Waals surface area contributed by atoms with E-state index in [-0.39, 0.29) is 0 Å². The van der Waals surface area contributed by atoms with Crippen molar-refractivity contribution < 1.29 is 4.74 Å². The molecular weight excluding hydrogens is 212 g/mol. The first-order valence-electron chi connectivity index (χ1n) is 5.91. The zero-order valence-electron chi connectivity index (χ0n) is 10.4. The second-order valence-corrected chi connectivity index (χ2v) is 4.05. The van der Waals surface area contributed by atoms with Gasteiger partial charge in [0.2, 0.25) is 0 Å². The molecule has 0 bridgehead atoms. The minimum Gasteiger partial charge on any atom is -0.497 e. The molecule has 0 spiro atoms. The minimum absolute atomic E-state index is 0.893. The van der Waals surface area contributed by atoms with E-state index in [1.165, 1.54) is 16.5 Å². The summed E-state index contributed by atoms with van der Waals surface area (Å²) in [4.78, 5) is 4.47. The first-order chi connectivity index (χ1) is 8.35. The Morgan fingerprint density at radius 3 is 2.94 bits per heavy atom. The summed E-state index contributed by atoms with van der Waals surface area (Å²) < 4.78 is 5.23. The molecule has 1 heterocycles. The first kappa shape index (κ1) is 11.9. The number of methoxy groups -OCH3 is 1. The van der Waals surface area contributed by atoms with Gasteiger partial charge >= 0.3 is 0 Å². The van der Waals surface area contributed by atoms with Crippen LogP contribution < -0.4 is 10.1 Å². The van der Waals surface area contributed by atoms with Gasteiger partial charge in [-0.3, -0.25) is 4.98 Å². The molecule has 0 atom stereocenters. The second-order valence-electron chi connectivity index (χ2n) is 4.05. The quantitative estimate of drug-likeness (QED) is 0.801. The van der Waals surface area contributed by atoms with Crippen LogP contribution >= 0.6 is 0 Å². The number of rotatable bonds is 5. The van der Waals surface area contributed by atoms with Crippen LogP contribution in [0, 0.1) is 0 Å². The fraction of sp³-hybridized carbons (Fsp3) is 0.357. The molecule has 0 aliphatic carbocycles. The fourth-order valence-electron chi connectivity index (χ4n) is 1.98. The van der Waals surface area contributed by atoms with Crippen molar-refractivity contribution in [3.05, 3.63) is 36.2 Å². The number of hydrogen-bond donors (Lipinski definition) is 1. The summed E-state index contributed by atoms with van der Waals surface area (Å²) in [6.07, 6.45) is 3.98. The number of pyridine rings is 1. The van der Waals surface area contributed by atoms with Crippen molar-refractivity contribution >= 4 is 10.8 Å². The number of aromatic nitrogens is 1. The molecule has 2 aromatic rings. The number of ether oxygens (including phenoxy) is 1. The number of fused-ring (bicyclic) bond motifs is 1. The topological polar surface area (TPSA) is 34.2 Å². The van der Waals surface area contributed by atoms with Gasteiger partial charge in [-0.1, -0.05) is 0 Å². The Morgan fingerprint density at radius 1 is 1.29 bits per heavy atom. The Balaban J connectivity index is 2.30. The maximum absolute atomic E-state index is 5.23. The third kappa shape index (κ3) is 2.74. The Labute approximate surface area is 102 Å². The Kier molecular flexibility index (Phi) is 3.94. The van der Waals surface area contributed by atoms with Gasteiger partial charge in [-0.15, -0.1) is 0 Å². The maximum atomic E-state index is 5.23. The monoisotopic (exact) mass is 230 g/mol. The summed E-state index contributed by atoms with van der Waals surface area (Å²) in [6, 6.07) is 8.17. The summed E-state index contributed by atoms with van der Waals surface area (Å²) in [6.45, 7) is 1.02. The molecule has 2 rings (SSSR count). The fourth-order valence-corrected chi connectivity index (χ4v) is 1.98. The predicted octanol–water partition coefficient (Wildman–Crippen LogP) is 2.40. The molecule has 0 saturated heterocycles. The molecule has 0 unspecified atom stereocenters. The molecule has 0 aliphatic rings. The van der Waals surface area contributed by atoms with E-state index < -0.39 is 0 Å². The van der Waals surface area contributed by atoms with Crippen LogP contribution in [0.25, 0.3) is 10.8 Å². The van der Waals surface area contributed by atoms with Crippen molar-refractivity contribution in [2.75, 3.05) is 20.7 Å². The highest BCUT2D eigenvalue weighted by molar-refractivity contribution is 5.85. The first-order valence-corrected chi connectivity index (χ1v) is 5.91. The van der Waals surface area contributed by atoms with E-state index in [9.17, 15) is 0 Å².